The molecule has 1 unspecified atom stereocenters. The molecule has 3 heterocycles. The Kier molecular flexibility index (Phi) is 5.29. The first kappa shape index (κ1) is 19.1. The molecule has 2 aromatic heterocycles. The lowest BCUT2D eigenvalue weighted by molar-refractivity contribution is 0.0665. The summed E-state index contributed by atoms with van der Waals surface area (Å²) >= 11 is 0. The maximum atomic E-state index is 12.9. The molecule has 0 radical (unpaired) electrons. The standard InChI is InChI=1S/C22H24N4O3/c1-15-7-3-4-9-17(15)20-23-19(29-24-20)13-16-8-5-12-26(14-16)22(28)18-10-6-11-25(2)21(18)27/h3-4,6-7,9-11,16H,5,8,12-14H2,1-2H3. The molecule has 0 spiro atoms. The Bertz CT molecular complexity index is 1090. The van der Waals surface area contributed by atoms with Crippen LogP contribution in [0.25, 0.3) is 11.4 Å². The van der Waals surface area contributed by atoms with Crippen molar-refractivity contribution in [1.82, 2.24) is 19.6 Å². The minimum atomic E-state index is -0.264. The first-order chi connectivity index (χ1) is 14.0. The third kappa shape index (κ3) is 3.99. The zero-order valence-electron chi connectivity index (χ0n) is 16.7. The van der Waals surface area contributed by atoms with Crippen LogP contribution >= 0.6 is 0 Å². The molecule has 1 aromatic carbocycles. The second kappa shape index (κ2) is 8.03. The van der Waals surface area contributed by atoms with Gasteiger partial charge in [0.1, 0.15) is 5.56 Å². The second-order valence-electron chi connectivity index (χ2n) is 7.63. The van der Waals surface area contributed by atoms with Gasteiger partial charge in [-0.2, -0.15) is 4.98 Å². The number of rotatable bonds is 4. The second-order valence-corrected chi connectivity index (χ2v) is 7.63. The highest BCUT2D eigenvalue weighted by Gasteiger charge is 2.27. The highest BCUT2D eigenvalue weighted by atomic mass is 16.5. The van der Waals surface area contributed by atoms with Crippen molar-refractivity contribution in [1.29, 1.82) is 0 Å². The molecule has 0 aliphatic carbocycles. The van der Waals surface area contributed by atoms with E-state index in [0.29, 0.717) is 31.2 Å². The summed E-state index contributed by atoms with van der Waals surface area (Å²) in [5.41, 5.74) is 2.01. The van der Waals surface area contributed by atoms with Gasteiger partial charge < -0.3 is 14.0 Å². The fraction of sp³-hybridized carbons (Fsp3) is 0.364. The molecule has 1 aliphatic rings. The Morgan fingerprint density at radius 1 is 1.24 bits per heavy atom. The van der Waals surface area contributed by atoms with Crippen molar-refractivity contribution in [2.24, 2.45) is 13.0 Å². The molecule has 1 atom stereocenters. The molecule has 3 aromatic rings. The van der Waals surface area contributed by atoms with E-state index in [9.17, 15) is 9.59 Å². The lowest BCUT2D eigenvalue weighted by Crippen LogP contribution is -2.42. The summed E-state index contributed by atoms with van der Waals surface area (Å²) in [5, 5.41) is 4.13. The summed E-state index contributed by atoms with van der Waals surface area (Å²) in [7, 11) is 1.65. The first-order valence-electron chi connectivity index (χ1n) is 9.86. The van der Waals surface area contributed by atoms with Crippen LogP contribution in [-0.4, -0.2) is 38.6 Å². The summed E-state index contributed by atoms with van der Waals surface area (Å²) in [5.74, 6) is 1.19. The number of piperidine rings is 1. The van der Waals surface area contributed by atoms with E-state index in [4.69, 9.17) is 4.52 Å². The maximum absolute atomic E-state index is 12.9. The van der Waals surface area contributed by atoms with Crippen molar-refractivity contribution in [3.63, 3.8) is 0 Å². The van der Waals surface area contributed by atoms with Crippen LogP contribution in [0.2, 0.25) is 0 Å². The summed E-state index contributed by atoms with van der Waals surface area (Å²) in [4.78, 5) is 31.5. The third-order valence-corrected chi connectivity index (χ3v) is 5.48. The zero-order chi connectivity index (χ0) is 20.4. The van der Waals surface area contributed by atoms with Crippen LogP contribution < -0.4 is 5.56 Å². The summed E-state index contributed by atoms with van der Waals surface area (Å²) in [6.07, 6.45) is 4.15. The average molecular weight is 392 g/mol. The van der Waals surface area contributed by atoms with Gasteiger partial charge in [-0.05, 0) is 43.4 Å². The van der Waals surface area contributed by atoms with Gasteiger partial charge >= 0.3 is 0 Å². The van der Waals surface area contributed by atoms with Crippen molar-refractivity contribution < 1.29 is 9.32 Å². The molecule has 0 bridgehead atoms. The number of hydrogen-bond donors (Lipinski definition) is 0. The van der Waals surface area contributed by atoms with Gasteiger partial charge in [-0.3, -0.25) is 9.59 Å². The molecule has 150 valence electrons. The minimum Gasteiger partial charge on any atom is -0.339 e. The van der Waals surface area contributed by atoms with Crippen molar-refractivity contribution in [2.75, 3.05) is 13.1 Å². The number of aryl methyl sites for hydroxylation is 2. The van der Waals surface area contributed by atoms with Crippen LogP contribution in [0.15, 0.2) is 51.9 Å². The van der Waals surface area contributed by atoms with Crippen molar-refractivity contribution >= 4 is 5.91 Å². The van der Waals surface area contributed by atoms with E-state index in [1.54, 1.807) is 30.3 Å². The molecule has 0 N–H and O–H groups in total. The van der Waals surface area contributed by atoms with Gasteiger partial charge in [-0.15, -0.1) is 0 Å². The summed E-state index contributed by atoms with van der Waals surface area (Å²) in [6, 6.07) is 11.3. The highest BCUT2D eigenvalue weighted by molar-refractivity contribution is 5.93. The number of benzene rings is 1. The lowest BCUT2D eigenvalue weighted by Gasteiger charge is -2.32. The van der Waals surface area contributed by atoms with Crippen LogP contribution in [0, 0.1) is 12.8 Å². The molecule has 4 rings (SSSR count). The van der Waals surface area contributed by atoms with Gasteiger partial charge in [-0.25, -0.2) is 0 Å². The van der Waals surface area contributed by atoms with Gasteiger partial charge in [0.25, 0.3) is 11.5 Å². The summed E-state index contributed by atoms with van der Waals surface area (Å²) in [6.45, 7) is 3.26. The number of nitrogens with zero attached hydrogens (tertiary/aromatic N) is 4. The molecule has 1 aliphatic heterocycles. The molecular formula is C22H24N4O3. The first-order valence-corrected chi connectivity index (χ1v) is 9.86. The van der Waals surface area contributed by atoms with Gasteiger partial charge in [-0.1, -0.05) is 29.4 Å². The normalized spacial score (nSPS) is 16.8. The highest BCUT2D eigenvalue weighted by Crippen LogP contribution is 2.24. The van der Waals surface area contributed by atoms with E-state index in [-0.39, 0.29) is 22.9 Å². The zero-order valence-corrected chi connectivity index (χ0v) is 16.7. The molecule has 1 amide bonds. The number of aromatic nitrogens is 3. The molecule has 1 saturated heterocycles. The Morgan fingerprint density at radius 3 is 2.90 bits per heavy atom. The van der Waals surface area contributed by atoms with E-state index < -0.39 is 0 Å². The van der Waals surface area contributed by atoms with E-state index >= 15 is 0 Å². The Balaban J connectivity index is 1.46. The number of hydrogen-bond acceptors (Lipinski definition) is 5. The van der Waals surface area contributed by atoms with Crippen LogP contribution in [-0.2, 0) is 13.5 Å². The van der Waals surface area contributed by atoms with E-state index in [1.165, 1.54) is 4.57 Å². The number of pyridine rings is 1. The number of likely N-dealkylation sites (tertiary alicyclic amines) is 1. The van der Waals surface area contributed by atoms with Crippen LogP contribution in [0.4, 0.5) is 0 Å². The lowest BCUT2D eigenvalue weighted by atomic mass is 9.94. The van der Waals surface area contributed by atoms with Gasteiger partial charge in [0, 0.05) is 38.3 Å². The van der Waals surface area contributed by atoms with Crippen molar-refractivity contribution in [3.05, 3.63) is 70.0 Å². The van der Waals surface area contributed by atoms with E-state index in [1.807, 2.05) is 31.2 Å². The summed E-state index contributed by atoms with van der Waals surface area (Å²) < 4.78 is 6.90. The fourth-order valence-electron chi connectivity index (χ4n) is 3.86. The Labute approximate surface area is 169 Å². The topological polar surface area (TPSA) is 81.2 Å². The Hall–Kier alpha value is -3.22. The van der Waals surface area contributed by atoms with Gasteiger partial charge in [0.15, 0.2) is 0 Å². The molecule has 1 fully saturated rings. The SMILES string of the molecule is Cc1ccccc1-c1noc(CC2CCCN(C(=O)c3cccn(C)c3=O)C2)n1. The van der Waals surface area contributed by atoms with Crippen LogP contribution in [0.1, 0.15) is 34.7 Å². The van der Waals surface area contributed by atoms with Crippen LogP contribution in [0.5, 0.6) is 0 Å². The number of amides is 1. The predicted molar refractivity (Wildman–Crippen MR) is 108 cm³/mol. The third-order valence-electron chi connectivity index (χ3n) is 5.48. The average Bonchev–Trinajstić information content (AvgIpc) is 3.18. The molecule has 29 heavy (non-hydrogen) atoms. The van der Waals surface area contributed by atoms with E-state index in [2.05, 4.69) is 10.1 Å². The quantitative estimate of drug-likeness (QED) is 0.682. The van der Waals surface area contributed by atoms with Gasteiger partial charge in [0.2, 0.25) is 11.7 Å². The van der Waals surface area contributed by atoms with Crippen LogP contribution in [0.3, 0.4) is 0 Å². The number of carbonyl (C=O) groups excluding carboxylic acids is 1. The monoisotopic (exact) mass is 392 g/mol. The molecule has 7 heteroatoms. The Morgan fingerprint density at radius 2 is 2.07 bits per heavy atom. The largest absolute Gasteiger partial charge is 0.339 e. The van der Waals surface area contributed by atoms with E-state index in [0.717, 1.165) is 24.0 Å². The maximum Gasteiger partial charge on any atom is 0.263 e. The van der Waals surface area contributed by atoms with Crippen molar-refractivity contribution in [3.8, 4) is 11.4 Å². The smallest absolute Gasteiger partial charge is 0.263 e. The van der Waals surface area contributed by atoms with Gasteiger partial charge in [0.05, 0.1) is 0 Å². The minimum absolute atomic E-state index is 0.206. The molecular weight excluding hydrogens is 368 g/mol. The fourth-order valence-corrected chi connectivity index (χ4v) is 3.86. The molecule has 7 nitrogen and oxygen atoms in total. The predicted octanol–water partition coefficient (Wildman–Crippen LogP) is 2.84. The molecule has 0 saturated carbocycles. The van der Waals surface area contributed by atoms with Crippen molar-refractivity contribution in [2.45, 2.75) is 26.2 Å². The number of carbonyl (C=O) groups is 1.